The van der Waals surface area contributed by atoms with Crippen LogP contribution in [0.1, 0.15) is 24.1 Å². The summed E-state index contributed by atoms with van der Waals surface area (Å²) in [4.78, 5) is 4.33. The molecule has 2 N–H and O–H groups in total. The average Bonchev–Trinajstić information content (AvgIpc) is 2.99. The van der Waals surface area contributed by atoms with Crippen molar-refractivity contribution in [2.75, 3.05) is 7.05 Å². The molecular weight excluding hydrogens is 164 g/mol. The third kappa shape index (κ3) is 1.45. The molecule has 3 nitrogen and oxygen atoms in total. The Hall–Kier alpha value is -0.930. The zero-order chi connectivity index (χ0) is 9.31. The first-order valence-corrected chi connectivity index (χ1v) is 4.56. The summed E-state index contributed by atoms with van der Waals surface area (Å²) in [5.41, 5.74) is 2.09. The second kappa shape index (κ2) is 3.09. The van der Waals surface area contributed by atoms with E-state index in [0.717, 1.165) is 24.1 Å². The Balaban J connectivity index is 2.23. The first-order valence-electron chi connectivity index (χ1n) is 4.56. The Morgan fingerprint density at radius 1 is 1.54 bits per heavy atom. The van der Waals surface area contributed by atoms with E-state index in [4.69, 9.17) is 5.11 Å². The number of rotatable bonds is 3. The van der Waals surface area contributed by atoms with Crippen LogP contribution in [0, 0.1) is 0 Å². The molecule has 1 aromatic rings. The lowest BCUT2D eigenvalue weighted by Crippen LogP contribution is -2.25. The van der Waals surface area contributed by atoms with Gasteiger partial charge in [-0.1, -0.05) is 6.07 Å². The van der Waals surface area contributed by atoms with Crippen molar-refractivity contribution in [1.82, 2.24) is 10.3 Å². The highest BCUT2D eigenvalue weighted by Gasteiger charge is 2.43. The highest BCUT2D eigenvalue weighted by atomic mass is 16.3. The van der Waals surface area contributed by atoms with Crippen LogP contribution < -0.4 is 5.32 Å². The van der Waals surface area contributed by atoms with Crippen LogP contribution in [0.4, 0.5) is 0 Å². The zero-order valence-electron chi connectivity index (χ0n) is 7.75. The highest BCUT2D eigenvalue weighted by Crippen LogP contribution is 2.43. The highest BCUT2D eigenvalue weighted by molar-refractivity contribution is 5.25. The van der Waals surface area contributed by atoms with E-state index >= 15 is 0 Å². The number of aliphatic hydroxyl groups excluding tert-OH is 1. The number of nitrogens with zero attached hydrogens (tertiary/aromatic N) is 1. The van der Waals surface area contributed by atoms with Gasteiger partial charge in [-0.3, -0.25) is 4.98 Å². The molecule has 0 aliphatic heterocycles. The van der Waals surface area contributed by atoms with E-state index in [2.05, 4.69) is 10.3 Å². The number of aliphatic hydroxyl groups is 1. The van der Waals surface area contributed by atoms with E-state index in [1.165, 1.54) is 0 Å². The van der Waals surface area contributed by atoms with Crippen LogP contribution in [0.3, 0.4) is 0 Å². The number of hydrogen-bond donors (Lipinski definition) is 2. The first kappa shape index (κ1) is 8.66. The van der Waals surface area contributed by atoms with Crippen molar-refractivity contribution >= 4 is 0 Å². The van der Waals surface area contributed by atoms with Crippen LogP contribution in [-0.2, 0) is 12.1 Å². The summed E-state index contributed by atoms with van der Waals surface area (Å²) >= 11 is 0. The van der Waals surface area contributed by atoms with E-state index in [0.29, 0.717) is 0 Å². The fourth-order valence-corrected chi connectivity index (χ4v) is 1.56. The SMILES string of the molecule is CNC1(c2ccc(CO)cn2)CC1. The molecule has 0 bridgehead atoms. The molecule has 1 aliphatic rings. The predicted octanol–water partition coefficient (Wildman–Crippen LogP) is 0.782. The first-order chi connectivity index (χ1) is 6.30. The van der Waals surface area contributed by atoms with Crippen molar-refractivity contribution in [3.05, 3.63) is 29.6 Å². The molecule has 0 aromatic carbocycles. The van der Waals surface area contributed by atoms with Crippen molar-refractivity contribution in [3.8, 4) is 0 Å². The molecular formula is C10H14N2O. The molecule has 0 spiro atoms. The van der Waals surface area contributed by atoms with Gasteiger partial charge in [-0.15, -0.1) is 0 Å². The number of pyridine rings is 1. The fourth-order valence-electron chi connectivity index (χ4n) is 1.56. The maximum atomic E-state index is 8.85. The number of nitrogens with one attached hydrogen (secondary N) is 1. The van der Waals surface area contributed by atoms with Crippen molar-refractivity contribution in [2.45, 2.75) is 25.0 Å². The van der Waals surface area contributed by atoms with E-state index in [1.807, 2.05) is 19.2 Å². The maximum Gasteiger partial charge on any atom is 0.0696 e. The van der Waals surface area contributed by atoms with Crippen molar-refractivity contribution in [3.63, 3.8) is 0 Å². The van der Waals surface area contributed by atoms with Gasteiger partial charge in [0.2, 0.25) is 0 Å². The van der Waals surface area contributed by atoms with Crippen molar-refractivity contribution in [1.29, 1.82) is 0 Å². The molecule has 0 atom stereocenters. The topological polar surface area (TPSA) is 45.1 Å². The zero-order valence-corrected chi connectivity index (χ0v) is 7.75. The molecule has 1 aromatic heterocycles. The summed E-state index contributed by atoms with van der Waals surface area (Å²) in [7, 11) is 1.97. The molecule has 1 fully saturated rings. The molecule has 0 amide bonds. The Labute approximate surface area is 77.8 Å². The number of hydrogen-bond acceptors (Lipinski definition) is 3. The average molecular weight is 178 g/mol. The fraction of sp³-hybridized carbons (Fsp3) is 0.500. The predicted molar refractivity (Wildman–Crippen MR) is 50.1 cm³/mol. The lowest BCUT2D eigenvalue weighted by molar-refractivity contribution is 0.281. The lowest BCUT2D eigenvalue weighted by atomic mass is 10.1. The normalized spacial score (nSPS) is 18.6. The van der Waals surface area contributed by atoms with Gasteiger partial charge in [0.15, 0.2) is 0 Å². The summed E-state index contributed by atoms with van der Waals surface area (Å²) in [6, 6.07) is 3.93. The third-order valence-corrected chi connectivity index (χ3v) is 2.73. The molecule has 70 valence electrons. The lowest BCUT2D eigenvalue weighted by Gasteiger charge is -2.13. The van der Waals surface area contributed by atoms with Crippen LogP contribution in [-0.4, -0.2) is 17.1 Å². The summed E-state index contributed by atoms with van der Waals surface area (Å²) < 4.78 is 0. The molecule has 0 unspecified atom stereocenters. The van der Waals surface area contributed by atoms with E-state index in [-0.39, 0.29) is 12.1 Å². The van der Waals surface area contributed by atoms with Gasteiger partial charge in [-0.25, -0.2) is 0 Å². The maximum absolute atomic E-state index is 8.85. The minimum atomic E-state index is 0.0693. The molecule has 3 heteroatoms. The summed E-state index contributed by atoms with van der Waals surface area (Å²) in [6.45, 7) is 0.0693. The smallest absolute Gasteiger partial charge is 0.0696 e. The molecule has 2 rings (SSSR count). The molecule has 0 saturated heterocycles. The minimum absolute atomic E-state index is 0.0693. The van der Waals surface area contributed by atoms with Crippen LogP contribution in [0.25, 0.3) is 0 Å². The van der Waals surface area contributed by atoms with E-state index in [1.54, 1.807) is 6.20 Å². The van der Waals surface area contributed by atoms with Crippen LogP contribution >= 0.6 is 0 Å². The van der Waals surface area contributed by atoms with Crippen LogP contribution in [0.15, 0.2) is 18.3 Å². The van der Waals surface area contributed by atoms with E-state index < -0.39 is 0 Å². The Bertz CT molecular complexity index is 290. The quantitative estimate of drug-likeness (QED) is 0.719. The van der Waals surface area contributed by atoms with Gasteiger partial charge in [0.1, 0.15) is 0 Å². The molecule has 1 heterocycles. The van der Waals surface area contributed by atoms with E-state index in [9.17, 15) is 0 Å². The van der Waals surface area contributed by atoms with Gasteiger partial charge in [-0.05, 0) is 31.5 Å². The summed E-state index contributed by atoms with van der Waals surface area (Å²) in [6.07, 6.45) is 4.07. The largest absolute Gasteiger partial charge is 0.392 e. The summed E-state index contributed by atoms with van der Waals surface area (Å²) in [5.74, 6) is 0. The van der Waals surface area contributed by atoms with Crippen molar-refractivity contribution < 1.29 is 5.11 Å². The monoisotopic (exact) mass is 178 g/mol. The molecule has 13 heavy (non-hydrogen) atoms. The Kier molecular flexibility index (Phi) is 2.06. The van der Waals surface area contributed by atoms with Gasteiger partial charge in [0.05, 0.1) is 17.8 Å². The van der Waals surface area contributed by atoms with Crippen molar-refractivity contribution in [2.24, 2.45) is 0 Å². The molecule has 1 saturated carbocycles. The molecule has 1 aliphatic carbocycles. The Morgan fingerprint density at radius 3 is 2.69 bits per heavy atom. The standard InChI is InChI=1S/C10H14N2O/c1-11-10(4-5-10)9-3-2-8(7-13)6-12-9/h2-3,6,11,13H,4-5,7H2,1H3. The van der Waals surface area contributed by atoms with Gasteiger partial charge in [0.25, 0.3) is 0 Å². The van der Waals surface area contributed by atoms with Gasteiger partial charge in [0, 0.05) is 6.20 Å². The minimum Gasteiger partial charge on any atom is -0.392 e. The van der Waals surface area contributed by atoms with Crippen LogP contribution in [0.5, 0.6) is 0 Å². The van der Waals surface area contributed by atoms with Crippen LogP contribution in [0.2, 0.25) is 0 Å². The van der Waals surface area contributed by atoms with Gasteiger partial charge in [-0.2, -0.15) is 0 Å². The van der Waals surface area contributed by atoms with Gasteiger partial charge >= 0.3 is 0 Å². The van der Waals surface area contributed by atoms with Gasteiger partial charge < -0.3 is 10.4 Å². The summed E-state index contributed by atoms with van der Waals surface area (Å²) in [5, 5.41) is 12.1. The third-order valence-electron chi connectivity index (χ3n) is 2.73. The number of aromatic nitrogens is 1. The molecule has 0 radical (unpaired) electrons. The second-order valence-electron chi connectivity index (χ2n) is 3.54. The second-order valence-corrected chi connectivity index (χ2v) is 3.54. The Morgan fingerprint density at radius 2 is 2.31 bits per heavy atom.